The van der Waals surface area contributed by atoms with Gasteiger partial charge in [-0.1, -0.05) is 6.07 Å². The van der Waals surface area contributed by atoms with Gasteiger partial charge in [-0.05, 0) is 74.0 Å². The minimum atomic E-state index is 0. The van der Waals surface area contributed by atoms with Crippen molar-refractivity contribution in [2.45, 2.75) is 31.7 Å². The summed E-state index contributed by atoms with van der Waals surface area (Å²) in [7, 11) is 0. The molecule has 4 nitrogen and oxygen atoms in total. The molecule has 2 aliphatic heterocycles. The highest BCUT2D eigenvalue weighted by Crippen LogP contribution is 2.33. The number of nitrogens with one attached hydrogen (secondary N) is 1. The minimum absolute atomic E-state index is 0. The third-order valence-corrected chi connectivity index (χ3v) is 5.88. The summed E-state index contributed by atoms with van der Waals surface area (Å²) < 4.78 is 0. The number of anilines is 1. The third-order valence-electron chi connectivity index (χ3n) is 4.99. The van der Waals surface area contributed by atoms with Gasteiger partial charge in [0.15, 0.2) is 0 Å². The Balaban J connectivity index is 0.00000121. The Morgan fingerprint density at radius 3 is 2.73 bits per heavy atom. The fourth-order valence-corrected chi connectivity index (χ4v) is 4.43. The Hall–Kier alpha value is -1.27. The smallest absolute Gasteiger partial charge is 0.141 e. The molecule has 0 unspecified atom stereocenters. The van der Waals surface area contributed by atoms with Gasteiger partial charge in [0.05, 0.1) is 10.6 Å². The van der Waals surface area contributed by atoms with Gasteiger partial charge < -0.3 is 16.0 Å². The number of hydrogen-bond acceptors (Lipinski definition) is 4. The molecule has 26 heavy (non-hydrogen) atoms. The number of nitrogens with two attached hydrogens (primary N) is 1. The van der Waals surface area contributed by atoms with E-state index >= 15 is 0 Å². The average Bonchev–Trinajstić information content (AvgIpc) is 3.16. The highest BCUT2D eigenvalue weighted by Gasteiger charge is 2.25. The molecule has 0 bridgehead atoms. The van der Waals surface area contributed by atoms with Gasteiger partial charge in [0.1, 0.15) is 5.84 Å². The van der Waals surface area contributed by atoms with Crippen LogP contribution in [0, 0.1) is 0 Å². The van der Waals surface area contributed by atoms with Crippen LogP contribution in [0.4, 0.5) is 11.4 Å². The molecular weight excluding hydrogens is 387 g/mol. The largest absolute Gasteiger partial charge is 0.383 e. The monoisotopic (exact) mass is 412 g/mol. The van der Waals surface area contributed by atoms with Crippen LogP contribution >= 0.6 is 36.2 Å². The Labute approximate surface area is 171 Å². The second-order valence-electron chi connectivity index (χ2n) is 6.57. The summed E-state index contributed by atoms with van der Waals surface area (Å²) in [6.45, 7) is 3.45. The lowest BCUT2D eigenvalue weighted by Gasteiger charge is -2.40. The lowest BCUT2D eigenvalue weighted by molar-refractivity contribution is 0.422. The molecule has 0 spiro atoms. The van der Waals surface area contributed by atoms with Crippen molar-refractivity contribution in [1.29, 1.82) is 0 Å². The number of hydrogen-bond donors (Lipinski definition) is 2. The van der Waals surface area contributed by atoms with Crippen LogP contribution in [0.5, 0.6) is 0 Å². The number of aryl methyl sites for hydroxylation is 1. The van der Waals surface area contributed by atoms with Gasteiger partial charge in [-0.2, -0.15) is 0 Å². The molecule has 7 heteroatoms. The molecule has 1 saturated heterocycles. The summed E-state index contributed by atoms with van der Waals surface area (Å²) in [5, 5.41) is 5.49. The topological polar surface area (TPSA) is 53.6 Å². The van der Waals surface area contributed by atoms with Crippen molar-refractivity contribution in [2.24, 2.45) is 10.7 Å². The van der Waals surface area contributed by atoms with Gasteiger partial charge in [-0.3, -0.25) is 0 Å². The van der Waals surface area contributed by atoms with E-state index in [1.54, 1.807) is 11.3 Å². The second kappa shape index (κ2) is 9.60. The van der Waals surface area contributed by atoms with Crippen LogP contribution in [-0.4, -0.2) is 31.5 Å². The van der Waals surface area contributed by atoms with Crippen LogP contribution in [0.15, 0.2) is 40.7 Å². The first kappa shape index (κ1) is 21.0. The van der Waals surface area contributed by atoms with E-state index < -0.39 is 0 Å². The predicted octanol–water partition coefficient (Wildman–Crippen LogP) is 4.13. The van der Waals surface area contributed by atoms with Crippen molar-refractivity contribution in [3.63, 3.8) is 0 Å². The molecule has 3 heterocycles. The molecule has 0 radical (unpaired) electrons. The summed E-state index contributed by atoms with van der Waals surface area (Å²) in [6.07, 6.45) is 4.85. The van der Waals surface area contributed by atoms with Crippen molar-refractivity contribution in [1.82, 2.24) is 5.32 Å². The molecule has 2 aliphatic rings. The molecule has 0 atom stereocenters. The molecule has 2 aromatic rings. The normalized spacial score (nSPS) is 17.8. The molecule has 1 aromatic heterocycles. The van der Waals surface area contributed by atoms with Crippen molar-refractivity contribution in [3.8, 4) is 0 Å². The maximum atomic E-state index is 6.13. The van der Waals surface area contributed by atoms with Crippen molar-refractivity contribution < 1.29 is 0 Å². The fourth-order valence-electron chi connectivity index (χ4n) is 3.80. The van der Waals surface area contributed by atoms with Crippen LogP contribution in [0.3, 0.4) is 0 Å². The maximum Gasteiger partial charge on any atom is 0.141 e. The SMILES string of the molecule is Cl.Cl.NC(=Nc1ccc2c(c1)CCCN2C1CCNCC1)c1cccs1. The quantitative estimate of drug-likeness (QED) is 0.588. The van der Waals surface area contributed by atoms with Crippen LogP contribution < -0.4 is 16.0 Å². The van der Waals surface area contributed by atoms with E-state index in [4.69, 9.17) is 5.73 Å². The van der Waals surface area contributed by atoms with Crippen LogP contribution in [0.25, 0.3) is 0 Å². The molecule has 1 aromatic carbocycles. The summed E-state index contributed by atoms with van der Waals surface area (Å²) in [5.41, 5.74) is 9.92. The van der Waals surface area contributed by atoms with Crippen LogP contribution in [0.1, 0.15) is 29.7 Å². The van der Waals surface area contributed by atoms with E-state index in [0.717, 1.165) is 30.1 Å². The molecule has 0 amide bonds. The van der Waals surface area contributed by atoms with E-state index in [9.17, 15) is 0 Å². The summed E-state index contributed by atoms with van der Waals surface area (Å²) in [4.78, 5) is 8.28. The van der Waals surface area contributed by atoms with Crippen molar-refractivity contribution in [2.75, 3.05) is 24.5 Å². The first-order valence-corrected chi connectivity index (χ1v) is 9.67. The van der Waals surface area contributed by atoms with Gasteiger partial charge in [0, 0.05) is 18.3 Å². The van der Waals surface area contributed by atoms with Crippen molar-refractivity contribution in [3.05, 3.63) is 46.2 Å². The Kier molecular flexibility index (Phi) is 7.77. The number of aliphatic imine (C=N–C) groups is 1. The average molecular weight is 413 g/mol. The highest BCUT2D eigenvalue weighted by atomic mass is 35.5. The zero-order chi connectivity index (χ0) is 16.4. The van der Waals surface area contributed by atoms with Crippen LogP contribution in [-0.2, 0) is 6.42 Å². The maximum absolute atomic E-state index is 6.13. The number of halogens is 2. The fraction of sp³-hybridized carbons (Fsp3) is 0.421. The lowest BCUT2D eigenvalue weighted by Crippen LogP contribution is -2.45. The van der Waals surface area contributed by atoms with Gasteiger partial charge in [-0.25, -0.2) is 4.99 Å². The molecule has 142 valence electrons. The Morgan fingerprint density at radius 2 is 2.00 bits per heavy atom. The lowest BCUT2D eigenvalue weighted by atomic mass is 9.96. The summed E-state index contributed by atoms with van der Waals surface area (Å²) in [5.74, 6) is 0.607. The number of benzene rings is 1. The Bertz CT molecular complexity index is 727. The molecule has 1 fully saturated rings. The van der Waals surface area contributed by atoms with E-state index in [0.29, 0.717) is 11.9 Å². The van der Waals surface area contributed by atoms with Gasteiger partial charge in [0.2, 0.25) is 0 Å². The number of amidine groups is 1. The number of fused-ring (bicyclic) bond motifs is 1. The van der Waals surface area contributed by atoms with Crippen LogP contribution in [0.2, 0.25) is 0 Å². The molecule has 3 N–H and O–H groups in total. The minimum Gasteiger partial charge on any atom is -0.383 e. The number of nitrogens with zero attached hydrogens (tertiary/aromatic N) is 2. The second-order valence-corrected chi connectivity index (χ2v) is 7.51. The molecule has 0 aliphatic carbocycles. The van der Waals surface area contributed by atoms with Gasteiger partial charge in [-0.15, -0.1) is 36.2 Å². The zero-order valence-corrected chi connectivity index (χ0v) is 17.1. The molecule has 0 saturated carbocycles. The van der Waals surface area contributed by atoms with E-state index in [2.05, 4.69) is 33.4 Å². The Morgan fingerprint density at radius 1 is 1.19 bits per heavy atom. The molecular formula is C19H26Cl2N4S. The van der Waals surface area contributed by atoms with E-state index in [1.165, 1.54) is 37.1 Å². The van der Waals surface area contributed by atoms with E-state index in [-0.39, 0.29) is 24.8 Å². The third kappa shape index (κ3) is 4.52. The summed E-state index contributed by atoms with van der Waals surface area (Å²) >= 11 is 1.63. The van der Waals surface area contributed by atoms with E-state index in [1.807, 2.05) is 17.5 Å². The zero-order valence-electron chi connectivity index (χ0n) is 14.7. The standard InChI is InChI=1S/C19H24N4S.2ClH/c20-19(18-4-2-12-24-18)22-15-5-6-17-14(13-15)3-1-11-23(17)16-7-9-21-10-8-16;;/h2,4-6,12-13,16,21H,1,3,7-11H2,(H2,20,22);2*1H. The molecule has 4 rings (SSSR count). The van der Waals surface area contributed by atoms with Gasteiger partial charge >= 0.3 is 0 Å². The highest BCUT2D eigenvalue weighted by molar-refractivity contribution is 7.12. The first-order chi connectivity index (χ1) is 11.8. The predicted molar refractivity (Wildman–Crippen MR) is 117 cm³/mol. The van der Waals surface area contributed by atoms with Gasteiger partial charge in [0.25, 0.3) is 0 Å². The summed E-state index contributed by atoms with van der Waals surface area (Å²) in [6, 6.07) is 11.3. The van der Waals surface area contributed by atoms with Crippen molar-refractivity contribution >= 4 is 53.4 Å². The number of rotatable bonds is 3. The first-order valence-electron chi connectivity index (χ1n) is 8.79. The number of piperidine rings is 1. The number of thiophene rings is 1.